The molecule has 0 saturated carbocycles. The summed E-state index contributed by atoms with van der Waals surface area (Å²) in [7, 11) is 0. The summed E-state index contributed by atoms with van der Waals surface area (Å²) in [4.78, 5) is 12.7. The number of halogens is 1. The third kappa shape index (κ3) is 15.9. The van der Waals surface area contributed by atoms with E-state index in [-0.39, 0.29) is 19.1 Å². The van der Waals surface area contributed by atoms with Crippen molar-refractivity contribution >= 4 is 5.91 Å². The number of hydrogen-bond donors (Lipinski definition) is 2. The molecular weight excluding hydrogens is 367 g/mol. The molecule has 1 aromatic carbocycles. The van der Waals surface area contributed by atoms with Crippen molar-refractivity contribution in [1.82, 2.24) is 4.90 Å². The summed E-state index contributed by atoms with van der Waals surface area (Å²) in [6.45, 7) is 9.70. The fraction of sp³-hybridized carbons (Fsp3) is 0.708. The van der Waals surface area contributed by atoms with Gasteiger partial charge in [0.1, 0.15) is 0 Å². The van der Waals surface area contributed by atoms with Crippen LogP contribution in [-0.2, 0) is 11.2 Å². The normalized spacial score (nSPS) is 12.8. The minimum atomic E-state index is -0.515. The zero-order valence-corrected chi connectivity index (χ0v) is 18.2. The molecule has 4 nitrogen and oxygen atoms in total. The second kappa shape index (κ2) is 19.7. The van der Waals surface area contributed by atoms with Crippen molar-refractivity contribution in [2.24, 2.45) is 5.73 Å². The molecule has 5 heteroatoms. The highest BCUT2D eigenvalue weighted by Gasteiger charge is 2.10. The number of likely N-dealkylation sites (tertiary alicyclic amines) is 1. The van der Waals surface area contributed by atoms with E-state index in [4.69, 9.17) is 10.8 Å². The van der Waals surface area contributed by atoms with Crippen molar-refractivity contribution in [3.63, 3.8) is 0 Å². The number of phenolic OH excluding ortho intramolecular Hbond substituents is 1. The zero-order valence-electron chi connectivity index (χ0n) is 18.2. The topological polar surface area (TPSA) is 66.6 Å². The van der Waals surface area contributed by atoms with E-state index in [1.165, 1.54) is 57.3 Å². The number of amides is 1. The first-order valence-electron chi connectivity index (χ1n) is 11.0. The molecule has 170 valence electrons. The number of primary amides is 1. The Morgan fingerprint density at radius 3 is 2.28 bits per heavy atom. The largest absolute Gasteiger partial charge is 0.505 e. The lowest BCUT2D eigenvalue weighted by molar-refractivity contribution is -0.118. The number of benzene rings is 1. The van der Waals surface area contributed by atoms with Gasteiger partial charge in [-0.05, 0) is 69.4 Å². The Labute approximate surface area is 178 Å². The number of phenols is 1. The minimum absolute atomic E-state index is 0. The van der Waals surface area contributed by atoms with Crippen LogP contribution in [0.25, 0.3) is 0 Å². The van der Waals surface area contributed by atoms with Gasteiger partial charge in [-0.15, -0.1) is 0 Å². The molecule has 0 radical (unpaired) electrons. The number of aromatic hydroxyl groups is 1. The highest BCUT2D eigenvalue weighted by Crippen LogP contribution is 2.17. The molecule has 0 spiro atoms. The molecule has 0 bridgehead atoms. The van der Waals surface area contributed by atoms with Gasteiger partial charge in [0.2, 0.25) is 5.91 Å². The van der Waals surface area contributed by atoms with Crippen molar-refractivity contribution in [3.8, 4) is 5.75 Å². The lowest BCUT2D eigenvalue weighted by Crippen LogP contribution is -2.20. The predicted molar refractivity (Wildman–Crippen MR) is 123 cm³/mol. The third-order valence-electron chi connectivity index (χ3n) is 4.68. The van der Waals surface area contributed by atoms with Crippen LogP contribution in [0.5, 0.6) is 5.75 Å². The number of unbranched alkanes of at least 4 members (excludes halogenated alkanes) is 4. The standard InChI is InChI=1S/C13H18FNO.C8H17NO.C2H6.CH4/c14-12-10-11(5-6-13(12)16)4-3-9-15-7-1-2-8-15;1-2-3-4-5-6-7-8(9)10;1-2;/h5-6,10,16H,1-4,7-9H2;2-7H2,1H3,(H2,9,10);1-2H3;1H4. The number of carbonyl (C=O) groups is 1. The molecule has 0 unspecified atom stereocenters. The lowest BCUT2D eigenvalue weighted by Gasteiger charge is -2.13. The molecule has 1 saturated heterocycles. The summed E-state index contributed by atoms with van der Waals surface area (Å²) in [6, 6.07) is 4.65. The first kappa shape index (κ1) is 29.6. The van der Waals surface area contributed by atoms with Crippen molar-refractivity contribution in [2.75, 3.05) is 19.6 Å². The Hall–Kier alpha value is -1.62. The molecule has 1 aliphatic rings. The Kier molecular flexibility index (Phi) is 20.1. The van der Waals surface area contributed by atoms with Gasteiger partial charge in [0.25, 0.3) is 0 Å². The van der Waals surface area contributed by atoms with Crippen LogP contribution in [0.3, 0.4) is 0 Å². The van der Waals surface area contributed by atoms with E-state index in [2.05, 4.69) is 11.8 Å². The molecule has 0 aromatic heterocycles. The van der Waals surface area contributed by atoms with Crippen LogP contribution in [0.2, 0.25) is 0 Å². The highest BCUT2D eigenvalue weighted by molar-refractivity contribution is 5.73. The summed E-state index contributed by atoms with van der Waals surface area (Å²) >= 11 is 0. The van der Waals surface area contributed by atoms with Crippen LogP contribution in [0.4, 0.5) is 4.39 Å². The van der Waals surface area contributed by atoms with E-state index in [0.29, 0.717) is 6.42 Å². The molecule has 29 heavy (non-hydrogen) atoms. The molecule has 1 fully saturated rings. The van der Waals surface area contributed by atoms with E-state index in [9.17, 15) is 9.18 Å². The summed E-state index contributed by atoms with van der Waals surface area (Å²) in [5.41, 5.74) is 5.94. The van der Waals surface area contributed by atoms with E-state index in [1.54, 1.807) is 6.07 Å². The third-order valence-corrected chi connectivity index (χ3v) is 4.68. The van der Waals surface area contributed by atoms with Crippen LogP contribution in [0.15, 0.2) is 18.2 Å². The molecule has 0 atom stereocenters. The Balaban J connectivity index is 0. The molecular formula is C24H45FN2O2. The number of rotatable bonds is 10. The number of nitrogens with zero attached hydrogens (tertiary/aromatic N) is 1. The fourth-order valence-corrected chi connectivity index (χ4v) is 3.12. The molecule has 3 N–H and O–H groups in total. The maximum Gasteiger partial charge on any atom is 0.217 e. The molecule has 2 rings (SSSR count). The average Bonchev–Trinajstić information content (AvgIpc) is 3.20. The summed E-state index contributed by atoms with van der Waals surface area (Å²) in [6.07, 6.45) is 11.0. The summed E-state index contributed by atoms with van der Waals surface area (Å²) in [5.74, 6) is -0.946. The van der Waals surface area contributed by atoms with E-state index >= 15 is 0 Å². The van der Waals surface area contributed by atoms with Gasteiger partial charge in [0.05, 0.1) is 0 Å². The first-order chi connectivity index (χ1) is 13.5. The van der Waals surface area contributed by atoms with Gasteiger partial charge in [0.15, 0.2) is 11.6 Å². The maximum atomic E-state index is 13.0. The van der Waals surface area contributed by atoms with E-state index in [1.807, 2.05) is 13.8 Å². The lowest BCUT2D eigenvalue weighted by atomic mass is 10.1. The number of hydrogen-bond acceptors (Lipinski definition) is 3. The van der Waals surface area contributed by atoms with Gasteiger partial charge in [0, 0.05) is 6.42 Å². The van der Waals surface area contributed by atoms with Crippen LogP contribution in [0.1, 0.15) is 91.5 Å². The molecule has 0 aliphatic carbocycles. The van der Waals surface area contributed by atoms with Crippen LogP contribution in [-0.4, -0.2) is 35.5 Å². The zero-order chi connectivity index (χ0) is 21.2. The predicted octanol–water partition coefficient (Wildman–Crippen LogP) is 6.05. The van der Waals surface area contributed by atoms with Gasteiger partial charge < -0.3 is 15.7 Å². The first-order valence-corrected chi connectivity index (χ1v) is 11.0. The van der Waals surface area contributed by atoms with Crippen molar-refractivity contribution in [1.29, 1.82) is 0 Å². The van der Waals surface area contributed by atoms with Gasteiger partial charge in [-0.3, -0.25) is 4.79 Å². The molecule has 1 aromatic rings. The van der Waals surface area contributed by atoms with Crippen molar-refractivity contribution in [2.45, 2.75) is 92.4 Å². The smallest absolute Gasteiger partial charge is 0.217 e. The Bertz CT molecular complexity index is 518. The van der Waals surface area contributed by atoms with Crippen LogP contribution >= 0.6 is 0 Å². The Morgan fingerprint density at radius 1 is 1.10 bits per heavy atom. The molecule has 1 aliphatic heterocycles. The minimum Gasteiger partial charge on any atom is -0.505 e. The van der Waals surface area contributed by atoms with Gasteiger partial charge in [-0.25, -0.2) is 4.39 Å². The Morgan fingerprint density at radius 2 is 1.72 bits per heavy atom. The molecule has 1 amide bonds. The SMILES string of the molecule is C.CC.CCCCCCCC(N)=O.Oc1ccc(CCCN2CCCC2)cc1F. The monoisotopic (exact) mass is 412 g/mol. The van der Waals surface area contributed by atoms with Gasteiger partial charge >= 0.3 is 0 Å². The number of carbonyl (C=O) groups excluding carboxylic acids is 1. The number of nitrogens with two attached hydrogens (primary N) is 1. The second-order valence-corrected chi connectivity index (χ2v) is 7.07. The fourth-order valence-electron chi connectivity index (χ4n) is 3.12. The number of aryl methyl sites for hydroxylation is 1. The summed E-state index contributed by atoms with van der Waals surface area (Å²) in [5, 5.41) is 9.06. The highest BCUT2D eigenvalue weighted by atomic mass is 19.1. The van der Waals surface area contributed by atoms with Crippen molar-refractivity contribution in [3.05, 3.63) is 29.6 Å². The van der Waals surface area contributed by atoms with Crippen LogP contribution < -0.4 is 5.73 Å². The van der Waals surface area contributed by atoms with Crippen LogP contribution in [0, 0.1) is 5.82 Å². The summed E-state index contributed by atoms with van der Waals surface area (Å²) < 4.78 is 13.0. The quantitative estimate of drug-likeness (QED) is 0.459. The average molecular weight is 413 g/mol. The van der Waals surface area contributed by atoms with E-state index < -0.39 is 5.82 Å². The van der Waals surface area contributed by atoms with E-state index in [0.717, 1.165) is 37.8 Å². The maximum absolute atomic E-state index is 13.0. The van der Waals surface area contributed by atoms with Gasteiger partial charge in [-0.2, -0.15) is 0 Å². The van der Waals surface area contributed by atoms with Crippen molar-refractivity contribution < 1.29 is 14.3 Å². The second-order valence-electron chi connectivity index (χ2n) is 7.07. The molecule has 1 heterocycles. The van der Waals surface area contributed by atoms with Gasteiger partial charge in [-0.1, -0.05) is 59.9 Å².